The highest BCUT2D eigenvalue weighted by Crippen LogP contribution is 2.24. The summed E-state index contributed by atoms with van der Waals surface area (Å²) >= 11 is 0. The fraction of sp³-hybridized carbons (Fsp3) is 0.250. The molecule has 1 amide bonds. The van der Waals surface area contributed by atoms with Crippen molar-refractivity contribution in [2.75, 3.05) is 31.1 Å². The van der Waals surface area contributed by atoms with Crippen LogP contribution in [-0.4, -0.2) is 56.7 Å². The van der Waals surface area contributed by atoms with Crippen molar-refractivity contribution in [3.63, 3.8) is 0 Å². The van der Waals surface area contributed by atoms with E-state index < -0.39 is 0 Å². The number of hydrogen-bond acceptors (Lipinski definition) is 6. The topological polar surface area (TPSA) is 80.3 Å². The van der Waals surface area contributed by atoms with E-state index >= 15 is 0 Å². The normalized spacial score (nSPS) is 14.1. The van der Waals surface area contributed by atoms with Crippen LogP contribution in [0, 0.1) is 13.8 Å². The fourth-order valence-electron chi connectivity index (χ4n) is 4.00. The second-order valence-electron chi connectivity index (χ2n) is 7.83. The summed E-state index contributed by atoms with van der Waals surface area (Å²) in [5, 5.41) is 4.67. The summed E-state index contributed by atoms with van der Waals surface area (Å²) in [6, 6.07) is 17.1. The third kappa shape index (κ3) is 3.87. The zero-order valence-electron chi connectivity index (χ0n) is 18.1. The van der Waals surface area contributed by atoms with Crippen LogP contribution in [0.25, 0.3) is 17.1 Å². The lowest BCUT2D eigenvalue weighted by Crippen LogP contribution is -2.49. The molecule has 0 saturated carbocycles. The van der Waals surface area contributed by atoms with E-state index in [4.69, 9.17) is 4.42 Å². The molecular formula is C24H24N6O2. The van der Waals surface area contributed by atoms with Crippen molar-refractivity contribution in [3.8, 4) is 17.1 Å². The molecule has 3 aromatic heterocycles. The monoisotopic (exact) mass is 428 g/mol. The van der Waals surface area contributed by atoms with Crippen molar-refractivity contribution < 1.29 is 9.21 Å². The number of carbonyl (C=O) groups is 1. The van der Waals surface area contributed by atoms with Gasteiger partial charge in [-0.1, -0.05) is 18.2 Å². The van der Waals surface area contributed by atoms with E-state index in [1.807, 2.05) is 67.3 Å². The smallest absolute Gasteiger partial charge is 0.272 e. The number of aromatic nitrogens is 4. The van der Waals surface area contributed by atoms with Gasteiger partial charge in [-0.05, 0) is 38.1 Å². The number of para-hydroxylation sites is 1. The van der Waals surface area contributed by atoms with E-state index in [9.17, 15) is 4.79 Å². The maximum absolute atomic E-state index is 13.5. The predicted molar refractivity (Wildman–Crippen MR) is 121 cm³/mol. The Morgan fingerprint density at radius 3 is 2.41 bits per heavy atom. The first kappa shape index (κ1) is 20.0. The average molecular weight is 428 g/mol. The molecule has 4 heterocycles. The first-order valence-electron chi connectivity index (χ1n) is 10.6. The van der Waals surface area contributed by atoms with Crippen LogP contribution >= 0.6 is 0 Å². The molecule has 0 unspecified atom stereocenters. The molecule has 5 rings (SSSR count). The Morgan fingerprint density at radius 2 is 1.72 bits per heavy atom. The Morgan fingerprint density at radius 1 is 0.938 bits per heavy atom. The van der Waals surface area contributed by atoms with Crippen molar-refractivity contribution in [3.05, 3.63) is 78.1 Å². The largest absolute Gasteiger partial charge is 0.463 e. The van der Waals surface area contributed by atoms with E-state index in [2.05, 4.69) is 20.0 Å². The number of benzene rings is 1. The molecule has 1 saturated heterocycles. The molecule has 0 radical (unpaired) electrons. The van der Waals surface area contributed by atoms with Crippen molar-refractivity contribution in [2.24, 2.45) is 0 Å². The molecular weight excluding hydrogens is 404 g/mol. The summed E-state index contributed by atoms with van der Waals surface area (Å²) < 4.78 is 7.21. The van der Waals surface area contributed by atoms with Crippen LogP contribution in [0.4, 0.5) is 5.82 Å². The highest BCUT2D eigenvalue weighted by molar-refractivity contribution is 5.94. The molecule has 0 aliphatic carbocycles. The Balaban J connectivity index is 1.40. The molecule has 32 heavy (non-hydrogen) atoms. The van der Waals surface area contributed by atoms with E-state index in [0.29, 0.717) is 43.3 Å². The van der Waals surface area contributed by atoms with Gasteiger partial charge < -0.3 is 14.2 Å². The maximum Gasteiger partial charge on any atom is 0.272 e. The molecule has 1 aliphatic rings. The maximum atomic E-state index is 13.5. The Kier molecular flexibility index (Phi) is 5.18. The van der Waals surface area contributed by atoms with Gasteiger partial charge in [-0.3, -0.25) is 4.79 Å². The van der Waals surface area contributed by atoms with Crippen molar-refractivity contribution in [1.29, 1.82) is 0 Å². The van der Waals surface area contributed by atoms with Crippen LogP contribution in [0.3, 0.4) is 0 Å². The Bertz CT molecular complexity index is 1200. The van der Waals surface area contributed by atoms with E-state index in [1.54, 1.807) is 17.0 Å². The number of rotatable bonds is 4. The van der Waals surface area contributed by atoms with E-state index in [0.717, 1.165) is 23.0 Å². The first-order valence-corrected chi connectivity index (χ1v) is 10.6. The van der Waals surface area contributed by atoms with Crippen molar-refractivity contribution in [1.82, 2.24) is 24.6 Å². The second kappa shape index (κ2) is 8.30. The van der Waals surface area contributed by atoms with Crippen LogP contribution < -0.4 is 4.90 Å². The minimum absolute atomic E-state index is 0.0474. The molecule has 0 atom stereocenters. The van der Waals surface area contributed by atoms with Crippen molar-refractivity contribution in [2.45, 2.75) is 13.8 Å². The standard InChI is InChI=1S/C24H24N6O2/c1-17-15-23(26-18(2)25-17)28-10-12-29(13-11-28)24(31)21-16-20(22-9-6-14-32-22)27-30(21)19-7-4-3-5-8-19/h3-9,14-16H,10-13H2,1-2H3. The van der Waals surface area contributed by atoms with Gasteiger partial charge in [0.2, 0.25) is 0 Å². The van der Waals surface area contributed by atoms with Gasteiger partial charge in [-0.15, -0.1) is 0 Å². The highest BCUT2D eigenvalue weighted by atomic mass is 16.3. The third-order valence-electron chi connectivity index (χ3n) is 5.55. The predicted octanol–water partition coefficient (Wildman–Crippen LogP) is 3.50. The van der Waals surface area contributed by atoms with Gasteiger partial charge in [0.15, 0.2) is 5.76 Å². The lowest BCUT2D eigenvalue weighted by Gasteiger charge is -2.35. The molecule has 1 fully saturated rings. The number of anilines is 1. The second-order valence-corrected chi connectivity index (χ2v) is 7.83. The number of aryl methyl sites for hydroxylation is 2. The molecule has 1 aliphatic heterocycles. The van der Waals surface area contributed by atoms with Crippen LogP contribution in [0.2, 0.25) is 0 Å². The molecule has 0 bridgehead atoms. The van der Waals surface area contributed by atoms with Crippen LogP contribution in [0.15, 0.2) is 65.3 Å². The van der Waals surface area contributed by atoms with Crippen LogP contribution in [0.5, 0.6) is 0 Å². The van der Waals surface area contributed by atoms with Gasteiger partial charge in [-0.25, -0.2) is 14.6 Å². The summed E-state index contributed by atoms with van der Waals surface area (Å²) in [6.07, 6.45) is 1.61. The van der Waals surface area contributed by atoms with E-state index in [-0.39, 0.29) is 5.91 Å². The lowest BCUT2D eigenvalue weighted by molar-refractivity contribution is 0.0737. The molecule has 8 heteroatoms. The SMILES string of the molecule is Cc1cc(N2CCN(C(=O)c3cc(-c4ccco4)nn3-c3ccccc3)CC2)nc(C)n1. The fourth-order valence-corrected chi connectivity index (χ4v) is 4.00. The third-order valence-corrected chi connectivity index (χ3v) is 5.55. The molecule has 8 nitrogen and oxygen atoms in total. The molecule has 1 aromatic carbocycles. The number of carbonyl (C=O) groups excluding carboxylic acids is 1. The molecule has 0 spiro atoms. The Labute approximate surface area is 186 Å². The number of amides is 1. The van der Waals surface area contributed by atoms with Gasteiger partial charge in [0.05, 0.1) is 12.0 Å². The van der Waals surface area contributed by atoms with Crippen LogP contribution in [0.1, 0.15) is 22.0 Å². The molecule has 0 N–H and O–H groups in total. The van der Waals surface area contributed by atoms with Crippen LogP contribution in [-0.2, 0) is 0 Å². The summed E-state index contributed by atoms with van der Waals surface area (Å²) in [5.41, 5.74) is 2.93. The Hall–Kier alpha value is -3.94. The summed E-state index contributed by atoms with van der Waals surface area (Å²) in [5.74, 6) is 2.26. The highest BCUT2D eigenvalue weighted by Gasteiger charge is 2.27. The number of nitrogens with zero attached hydrogens (tertiary/aromatic N) is 6. The van der Waals surface area contributed by atoms with Gasteiger partial charge in [0.1, 0.15) is 23.0 Å². The lowest BCUT2D eigenvalue weighted by atomic mass is 10.2. The number of hydrogen-bond donors (Lipinski definition) is 0. The molecule has 4 aromatic rings. The number of furan rings is 1. The minimum Gasteiger partial charge on any atom is -0.463 e. The van der Waals surface area contributed by atoms with Gasteiger partial charge in [-0.2, -0.15) is 5.10 Å². The minimum atomic E-state index is -0.0474. The number of piperazine rings is 1. The zero-order valence-corrected chi connectivity index (χ0v) is 18.1. The van der Waals surface area contributed by atoms with Gasteiger partial charge in [0.25, 0.3) is 5.91 Å². The van der Waals surface area contributed by atoms with Crippen molar-refractivity contribution >= 4 is 11.7 Å². The summed E-state index contributed by atoms with van der Waals surface area (Å²) in [4.78, 5) is 26.5. The van der Waals surface area contributed by atoms with Gasteiger partial charge in [0, 0.05) is 44.0 Å². The zero-order chi connectivity index (χ0) is 22.1. The van der Waals surface area contributed by atoms with E-state index in [1.165, 1.54) is 0 Å². The molecule has 162 valence electrons. The summed E-state index contributed by atoms with van der Waals surface area (Å²) in [6.45, 7) is 6.52. The summed E-state index contributed by atoms with van der Waals surface area (Å²) in [7, 11) is 0. The quantitative estimate of drug-likeness (QED) is 0.495. The first-order chi connectivity index (χ1) is 15.6. The average Bonchev–Trinajstić information content (AvgIpc) is 3.49. The van der Waals surface area contributed by atoms with Gasteiger partial charge >= 0.3 is 0 Å².